The SMILES string of the molecule is CC1CC(C)N(C(CO)C(C)N)C1. The number of nitrogens with two attached hydrogens (primary N) is 1. The Balaban J connectivity index is 2.58. The van der Waals surface area contributed by atoms with E-state index in [0.717, 1.165) is 12.5 Å². The highest BCUT2D eigenvalue weighted by molar-refractivity contribution is 4.88. The zero-order valence-corrected chi connectivity index (χ0v) is 8.90. The Morgan fingerprint density at radius 1 is 1.54 bits per heavy atom. The third-order valence-corrected chi connectivity index (χ3v) is 3.05. The van der Waals surface area contributed by atoms with Crippen LogP contribution in [0, 0.1) is 5.92 Å². The van der Waals surface area contributed by atoms with Gasteiger partial charge in [-0.25, -0.2) is 0 Å². The van der Waals surface area contributed by atoms with Crippen molar-refractivity contribution < 1.29 is 5.11 Å². The van der Waals surface area contributed by atoms with E-state index in [4.69, 9.17) is 5.73 Å². The minimum Gasteiger partial charge on any atom is -0.395 e. The minimum atomic E-state index is 0.0535. The fraction of sp³-hybridized carbons (Fsp3) is 1.00. The maximum atomic E-state index is 9.24. The molecule has 1 heterocycles. The molecule has 1 fully saturated rings. The molecule has 1 aliphatic heterocycles. The second kappa shape index (κ2) is 4.40. The van der Waals surface area contributed by atoms with Crippen LogP contribution in [0.4, 0.5) is 0 Å². The lowest BCUT2D eigenvalue weighted by Gasteiger charge is -2.32. The summed E-state index contributed by atoms with van der Waals surface area (Å²) in [4.78, 5) is 2.34. The van der Waals surface area contributed by atoms with Gasteiger partial charge in [-0.1, -0.05) is 6.92 Å². The van der Waals surface area contributed by atoms with Crippen LogP contribution < -0.4 is 5.73 Å². The van der Waals surface area contributed by atoms with Gasteiger partial charge in [0.05, 0.1) is 6.61 Å². The average molecular weight is 186 g/mol. The van der Waals surface area contributed by atoms with Crippen LogP contribution in [0.3, 0.4) is 0 Å². The molecule has 13 heavy (non-hydrogen) atoms. The first-order valence-electron chi connectivity index (χ1n) is 5.18. The van der Waals surface area contributed by atoms with Gasteiger partial charge in [-0.3, -0.25) is 4.90 Å². The summed E-state index contributed by atoms with van der Waals surface area (Å²) in [6.45, 7) is 7.69. The smallest absolute Gasteiger partial charge is 0.0601 e. The van der Waals surface area contributed by atoms with E-state index in [1.165, 1.54) is 6.42 Å². The van der Waals surface area contributed by atoms with E-state index < -0.39 is 0 Å². The number of nitrogens with zero attached hydrogens (tertiary/aromatic N) is 1. The molecule has 0 aliphatic carbocycles. The largest absolute Gasteiger partial charge is 0.395 e. The van der Waals surface area contributed by atoms with Crippen molar-refractivity contribution in [2.24, 2.45) is 11.7 Å². The third-order valence-electron chi connectivity index (χ3n) is 3.05. The highest BCUT2D eigenvalue weighted by Crippen LogP contribution is 2.25. The van der Waals surface area contributed by atoms with E-state index in [1.54, 1.807) is 0 Å². The maximum absolute atomic E-state index is 9.24. The van der Waals surface area contributed by atoms with Gasteiger partial charge in [-0.05, 0) is 26.2 Å². The first kappa shape index (κ1) is 11.0. The van der Waals surface area contributed by atoms with Crippen molar-refractivity contribution in [3.8, 4) is 0 Å². The molecular weight excluding hydrogens is 164 g/mol. The van der Waals surface area contributed by atoms with Gasteiger partial charge in [0, 0.05) is 24.7 Å². The molecule has 0 amide bonds. The topological polar surface area (TPSA) is 49.5 Å². The quantitative estimate of drug-likeness (QED) is 0.672. The lowest BCUT2D eigenvalue weighted by molar-refractivity contribution is 0.101. The molecule has 4 atom stereocenters. The van der Waals surface area contributed by atoms with Gasteiger partial charge in [0.2, 0.25) is 0 Å². The van der Waals surface area contributed by atoms with Gasteiger partial charge in [-0.2, -0.15) is 0 Å². The molecule has 3 nitrogen and oxygen atoms in total. The fourth-order valence-corrected chi connectivity index (χ4v) is 2.37. The van der Waals surface area contributed by atoms with Crippen molar-refractivity contribution in [2.45, 2.75) is 45.3 Å². The summed E-state index contributed by atoms with van der Waals surface area (Å²) in [6.07, 6.45) is 1.23. The minimum absolute atomic E-state index is 0.0535. The predicted molar refractivity (Wildman–Crippen MR) is 54.5 cm³/mol. The number of aliphatic hydroxyl groups excluding tert-OH is 1. The Labute approximate surface area is 80.9 Å². The Morgan fingerprint density at radius 3 is 2.46 bits per heavy atom. The van der Waals surface area contributed by atoms with Crippen molar-refractivity contribution >= 4 is 0 Å². The molecule has 0 aromatic heterocycles. The number of likely N-dealkylation sites (tertiary alicyclic amines) is 1. The first-order valence-corrected chi connectivity index (χ1v) is 5.18. The lowest BCUT2D eigenvalue weighted by Crippen LogP contribution is -2.50. The number of aliphatic hydroxyl groups is 1. The standard InChI is InChI=1S/C10H22N2O/c1-7-4-8(2)12(5-7)10(6-13)9(3)11/h7-10,13H,4-6,11H2,1-3H3. The van der Waals surface area contributed by atoms with Gasteiger partial charge in [0.1, 0.15) is 0 Å². The molecule has 1 rings (SSSR count). The monoisotopic (exact) mass is 186 g/mol. The van der Waals surface area contributed by atoms with E-state index in [1.807, 2.05) is 6.92 Å². The van der Waals surface area contributed by atoms with Crippen LogP contribution in [0.5, 0.6) is 0 Å². The highest BCUT2D eigenvalue weighted by atomic mass is 16.3. The normalized spacial score (nSPS) is 34.8. The van der Waals surface area contributed by atoms with E-state index >= 15 is 0 Å². The summed E-state index contributed by atoms with van der Waals surface area (Å²) in [6, 6.07) is 0.760. The zero-order chi connectivity index (χ0) is 10.0. The highest BCUT2D eigenvalue weighted by Gasteiger charge is 2.32. The first-order chi connectivity index (χ1) is 6.06. The summed E-state index contributed by atoms with van der Waals surface area (Å²) < 4.78 is 0. The second-order valence-electron chi connectivity index (χ2n) is 4.50. The van der Waals surface area contributed by atoms with Gasteiger partial charge >= 0.3 is 0 Å². The summed E-state index contributed by atoms with van der Waals surface area (Å²) >= 11 is 0. The van der Waals surface area contributed by atoms with Crippen LogP contribution >= 0.6 is 0 Å². The van der Waals surface area contributed by atoms with E-state index in [-0.39, 0.29) is 18.7 Å². The molecule has 78 valence electrons. The van der Waals surface area contributed by atoms with Gasteiger partial charge < -0.3 is 10.8 Å². The van der Waals surface area contributed by atoms with Crippen molar-refractivity contribution in [3.63, 3.8) is 0 Å². The maximum Gasteiger partial charge on any atom is 0.0601 e. The Hall–Kier alpha value is -0.120. The van der Waals surface area contributed by atoms with Crippen molar-refractivity contribution in [2.75, 3.05) is 13.2 Å². The van der Waals surface area contributed by atoms with E-state index in [9.17, 15) is 5.11 Å². The molecule has 0 radical (unpaired) electrons. The zero-order valence-electron chi connectivity index (χ0n) is 8.90. The molecule has 1 saturated heterocycles. The molecule has 0 spiro atoms. The van der Waals surface area contributed by atoms with E-state index in [0.29, 0.717) is 6.04 Å². The Bertz CT molecular complexity index is 161. The van der Waals surface area contributed by atoms with Crippen LogP contribution in [0.15, 0.2) is 0 Å². The molecule has 3 N–H and O–H groups in total. The summed E-state index contributed by atoms with van der Waals surface area (Å²) in [5.74, 6) is 0.739. The van der Waals surface area contributed by atoms with Crippen molar-refractivity contribution in [1.82, 2.24) is 4.90 Å². The molecule has 0 saturated carbocycles. The average Bonchev–Trinajstić information content (AvgIpc) is 2.31. The molecule has 4 unspecified atom stereocenters. The second-order valence-corrected chi connectivity index (χ2v) is 4.50. The van der Waals surface area contributed by atoms with Crippen LogP contribution in [0.25, 0.3) is 0 Å². The Morgan fingerprint density at radius 2 is 2.15 bits per heavy atom. The van der Waals surface area contributed by atoms with Gasteiger partial charge in [-0.15, -0.1) is 0 Å². The molecule has 0 bridgehead atoms. The summed E-state index contributed by atoms with van der Waals surface area (Å²) in [5, 5.41) is 9.24. The molecule has 0 aromatic rings. The number of hydrogen-bond donors (Lipinski definition) is 2. The molecule has 3 heteroatoms. The molecular formula is C10H22N2O. The van der Waals surface area contributed by atoms with Crippen LogP contribution in [-0.2, 0) is 0 Å². The van der Waals surface area contributed by atoms with E-state index in [2.05, 4.69) is 18.7 Å². The third kappa shape index (κ3) is 2.42. The molecule has 0 aromatic carbocycles. The van der Waals surface area contributed by atoms with Crippen molar-refractivity contribution in [3.05, 3.63) is 0 Å². The fourth-order valence-electron chi connectivity index (χ4n) is 2.37. The number of hydrogen-bond acceptors (Lipinski definition) is 3. The van der Waals surface area contributed by atoms with Gasteiger partial charge in [0.25, 0.3) is 0 Å². The van der Waals surface area contributed by atoms with Crippen LogP contribution in [0.2, 0.25) is 0 Å². The van der Waals surface area contributed by atoms with Gasteiger partial charge in [0.15, 0.2) is 0 Å². The van der Waals surface area contributed by atoms with Crippen LogP contribution in [-0.4, -0.2) is 41.3 Å². The number of rotatable bonds is 3. The van der Waals surface area contributed by atoms with Crippen molar-refractivity contribution in [1.29, 1.82) is 0 Å². The predicted octanol–water partition coefficient (Wildman–Crippen LogP) is 0.425. The summed E-state index contributed by atoms with van der Waals surface area (Å²) in [7, 11) is 0. The molecule has 1 aliphatic rings. The lowest BCUT2D eigenvalue weighted by atomic mass is 10.1. The summed E-state index contributed by atoms with van der Waals surface area (Å²) in [5.41, 5.74) is 5.83. The van der Waals surface area contributed by atoms with Crippen LogP contribution in [0.1, 0.15) is 27.2 Å². The Kier molecular flexibility index (Phi) is 3.71.